The molecular formula is C24H32FN7O7P+. The molecule has 0 spiro atoms. The highest BCUT2D eigenvalue weighted by Crippen LogP contribution is 2.38. The van der Waals surface area contributed by atoms with Crippen molar-refractivity contribution in [1.29, 1.82) is 0 Å². The van der Waals surface area contributed by atoms with Crippen molar-refractivity contribution in [2.24, 2.45) is 0 Å². The van der Waals surface area contributed by atoms with Gasteiger partial charge in [-0.15, -0.1) is 4.52 Å². The Bertz CT molecular complexity index is 1350. The second-order valence-electron chi connectivity index (χ2n) is 9.53. The molecular weight excluding hydrogens is 548 g/mol. The summed E-state index contributed by atoms with van der Waals surface area (Å²) in [7, 11) is 0.661. The second-order valence-corrected chi connectivity index (χ2v) is 10.7. The highest BCUT2D eigenvalue weighted by molar-refractivity contribution is 7.36. The molecule has 3 heterocycles. The lowest BCUT2D eigenvalue weighted by atomic mass is 10.1. The van der Waals surface area contributed by atoms with E-state index < -0.39 is 57.5 Å². The lowest BCUT2D eigenvalue weighted by Crippen LogP contribution is -2.39. The van der Waals surface area contributed by atoms with Crippen molar-refractivity contribution < 1.29 is 37.7 Å². The van der Waals surface area contributed by atoms with Crippen LogP contribution >= 0.6 is 8.18 Å². The Kier molecular flexibility index (Phi) is 9.11. The molecule has 2 aromatic heterocycles. The number of alkyl halides is 1. The molecule has 4 rings (SSSR count). The molecule has 0 amide bonds. The molecule has 1 aliphatic heterocycles. The van der Waals surface area contributed by atoms with Crippen LogP contribution in [0, 0.1) is 0 Å². The summed E-state index contributed by atoms with van der Waals surface area (Å²) in [5, 5.41) is 10.6. The summed E-state index contributed by atoms with van der Waals surface area (Å²) in [6.07, 6.45) is -5.18. The fourth-order valence-corrected chi connectivity index (χ4v) is 4.87. The third kappa shape index (κ3) is 6.29. The molecule has 1 aromatic carbocycles. The Morgan fingerprint density at radius 3 is 2.60 bits per heavy atom. The smallest absolute Gasteiger partial charge is 0.462 e. The molecule has 6 atom stereocenters. The van der Waals surface area contributed by atoms with Gasteiger partial charge in [0.15, 0.2) is 41.2 Å². The third-order valence-corrected chi connectivity index (χ3v) is 7.01. The molecule has 0 radical (unpaired) electrons. The van der Waals surface area contributed by atoms with E-state index in [-0.39, 0.29) is 11.6 Å². The number of hydroxylamine groups is 1. The summed E-state index contributed by atoms with van der Waals surface area (Å²) in [6, 6.07) is 7.23. The fraction of sp³-hybridized carbons (Fsp3) is 0.500. The van der Waals surface area contributed by atoms with Gasteiger partial charge in [-0.2, -0.15) is 9.97 Å². The number of nitrogens with zero attached hydrogens (tertiary/aromatic N) is 6. The number of anilines is 2. The number of carbonyl (C=O) groups excluding carboxylic acids is 1. The molecule has 1 aliphatic rings. The van der Waals surface area contributed by atoms with Crippen LogP contribution in [0.3, 0.4) is 0 Å². The Balaban J connectivity index is 1.50. The van der Waals surface area contributed by atoms with Gasteiger partial charge in [-0.1, -0.05) is 18.2 Å². The number of fused-ring (bicyclic) bond motifs is 1. The van der Waals surface area contributed by atoms with E-state index in [1.54, 1.807) is 63.2 Å². The number of aliphatic hydroxyl groups excluding tert-OH is 1. The minimum absolute atomic E-state index is 0.0487. The van der Waals surface area contributed by atoms with Gasteiger partial charge in [-0.25, -0.2) is 9.37 Å². The molecule has 1 fully saturated rings. The average molecular weight is 581 g/mol. The number of carbonyl (C=O) groups is 1. The van der Waals surface area contributed by atoms with Gasteiger partial charge in [0.25, 0.3) is 0 Å². The Morgan fingerprint density at radius 1 is 1.25 bits per heavy atom. The van der Waals surface area contributed by atoms with Crippen molar-refractivity contribution in [2.75, 3.05) is 31.3 Å². The van der Waals surface area contributed by atoms with E-state index in [9.17, 15) is 14.5 Å². The fourth-order valence-electron chi connectivity index (χ4n) is 3.94. The van der Waals surface area contributed by atoms with Crippen LogP contribution in [-0.2, 0) is 23.4 Å². The van der Waals surface area contributed by atoms with Crippen LogP contribution in [-0.4, -0.2) is 86.7 Å². The molecule has 3 aromatic rings. The zero-order valence-corrected chi connectivity index (χ0v) is 23.5. The lowest BCUT2D eigenvalue weighted by molar-refractivity contribution is -0.159. The number of ether oxygens (including phenoxy) is 2. The van der Waals surface area contributed by atoms with Crippen molar-refractivity contribution in [3.05, 3.63) is 36.7 Å². The van der Waals surface area contributed by atoms with E-state index in [2.05, 4.69) is 15.0 Å². The molecule has 0 saturated carbocycles. The van der Waals surface area contributed by atoms with E-state index in [0.717, 1.165) is 4.83 Å². The van der Waals surface area contributed by atoms with Gasteiger partial charge in [0, 0.05) is 14.1 Å². The summed E-state index contributed by atoms with van der Waals surface area (Å²) >= 11 is 0. The van der Waals surface area contributed by atoms with Gasteiger partial charge in [-0.05, 0) is 37.5 Å². The molecule has 0 bridgehead atoms. The predicted molar refractivity (Wildman–Crippen MR) is 142 cm³/mol. The van der Waals surface area contributed by atoms with Gasteiger partial charge in [0.1, 0.15) is 23.6 Å². The van der Waals surface area contributed by atoms with E-state index >= 15 is 4.39 Å². The maximum atomic E-state index is 15.3. The minimum Gasteiger partial charge on any atom is -0.462 e. The van der Waals surface area contributed by atoms with E-state index in [1.165, 1.54) is 17.8 Å². The van der Waals surface area contributed by atoms with Crippen molar-refractivity contribution in [2.45, 2.75) is 57.5 Å². The summed E-state index contributed by atoms with van der Waals surface area (Å²) < 4.78 is 46.2. The Morgan fingerprint density at radius 2 is 1.95 bits per heavy atom. The van der Waals surface area contributed by atoms with Crippen LogP contribution in [0.4, 0.5) is 16.2 Å². The number of hydrogen-bond acceptors (Lipinski definition) is 12. The number of para-hydroxylation sites is 1. The average Bonchev–Trinajstić information content (AvgIpc) is 3.45. The maximum Gasteiger partial charge on any atom is 0.653 e. The van der Waals surface area contributed by atoms with Gasteiger partial charge in [0.2, 0.25) is 5.95 Å². The first-order chi connectivity index (χ1) is 19.0. The second kappa shape index (κ2) is 12.4. The number of benzene rings is 1. The zero-order valence-electron chi connectivity index (χ0n) is 22.6. The molecule has 1 saturated heterocycles. The van der Waals surface area contributed by atoms with Crippen LogP contribution in [0.5, 0.6) is 5.75 Å². The van der Waals surface area contributed by atoms with E-state index in [0.29, 0.717) is 17.1 Å². The SMILES string of the molecule is CC(C)OC(=O)[C@H](C)N(Oc1ccccc1)[P+](=O)OC[C@H]1O[C@@H](n2cnc3c(N(C)C)nc(N)nc32)[C@H](F)[C@@H]1O. The standard InChI is InChI=1S/C24H32FN7O7P/c1-13(2)37-23(34)14(3)32(39-15-9-7-6-8-10-15)40(35)36-11-16-19(33)17(25)22(38-16)31-12-27-18-20(30(4)5)28-24(26)29-21(18)31/h6-10,12-14,16-17,19,22,33H,11H2,1-5H3,(H2,26,28,29)/q+1/t14-,16+,17+,19+,22+/m0/s1. The summed E-state index contributed by atoms with van der Waals surface area (Å²) in [5.41, 5.74) is 6.41. The van der Waals surface area contributed by atoms with Crippen molar-refractivity contribution in [1.82, 2.24) is 24.4 Å². The number of esters is 1. The van der Waals surface area contributed by atoms with Crippen molar-refractivity contribution in [3.63, 3.8) is 0 Å². The number of aliphatic hydroxyl groups is 1. The molecule has 14 nitrogen and oxygen atoms in total. The molecule has 1 unspecified atom stereocenters. The monoisotopic (exact) mass is 580 g/mol. The first-order valence-electron chi connectivity index (χ1n) is 12.5. The van der Waals surface area contributed by atoms with Gasteiger partial charge in [0.05, 0.1) is 12.4 Å². The maximum absolute atomic E-state index is 15.3. The lowest BCUT2D eigenvalue weighted by Gasteiger charge is -2.18. The van der Waals surface area contributed by atoms with Gasteiger partial charge >= 0.3 is 14.1 Å². The van der Waals surface area contributed by atoms with Crippen LogP contribution in [0.2, 0.25) is 0 Å². The molecule has 216 valence electrons. The van der Waals surface area contributed by atoms with Gasteiger partial charge in [-0.3, -0.25) is 9.36 Å². The molecule has 16 heteroatoms. The zero-order chi connectivity index (χ0) is 29.1. The minimum atomic E-state index is -2.83. The number of hydrogen-bond donors (Lipinski definition) is 2. The van der Waals surface area contributed by atoms with E-state index in [4.69, 9.17) is 24.6 Å². The topological polar surface area (TPSA) is 167 Å². The molecule has 40 heavy (non-hydrogen) atoms. The largest absolute Gasteiger partial charge is 0.653 e. The van der Waals surface area contributed by atoms with Crippen molar-refractivity contribution >= 4 is 37.1 Å². The third-order valence-electron chi connectivity index (χ3n) is 5.89. The number of rotatable bonds is 11. The normalized spacial score (nSPS) is 22.1. The quantitative estimate of drug-likeness (QED) is 0.193. The summed E-state index contributed by atoms with van der Waals surface area (Å²) in [6.45, 7) is 4.31. The Hall–Kier alpha value is -3.49. The van der Waals surface area contributed by atoms with E-state index in [1.807, 2.05) is 0 Å². The predicted octanol–water partition coefficient (Wildman–Crippen LogP) is 2.38. The van der Waals surface area contributed by atoms with Crippen LogP contribution < -0.4 is 15.5 Å². The van der Waals surface area contributed by atoms with Gasteiger partial charge < -0.3 is 30.1 Å². The van der Waals surface area contributed by atoms with Crippen LogP contribution in [0.15, 0.2) is 36.7 Å². The Labute approximate surface area is 230 Å². The number of imidazole rings is 1. The number of aromatic nitrogens is 4. The summed E-state index contributed by atoms with van der Waals surface area (Å²) in [4.78, 5) is 33.4. The molecule has 0 aliphatic carbocycles. The summed E-state index contributed by atoms with van der Waals surface area (Å²) in [5.74, 6) is -0.0163. The van der Waals surface area contributed by atoms with Crippen LogP contribution in [0.25, 0.3) is 11.2 Å². The first kappa shape index (κ1) is 29.5. The molecule has 3 N–H and O–H groups in total. The highest BCUT2D eigenvalue weighted by atomic mass is 31.1. The highest BCUT2D eigenvalue weighted by Gasteiger charge is 2.49. The number of nitrogen functional groups attached to an aromatic ring is 1. The number of nitrogens with two attached hydrogens (primary N) is 1. The first-order valence-corrected chi connectivity index (χ1v) is 13.6. The van der Waals surface area contributed by atoms with Crippen molar-refractivity contribution in [3.8, 4) is 5.75 Å². The van der Waals surface area contributed by atoms with Crippen LogP contribution in [0.1, 0.15) is 27.0 Å². The number of halogens is 1.